The standard InChI is InChI=1S/C14H20ClN3/c1-4-14(5-2,9-16)13-17-11-8-10(15)6-7-12(11)18(13)3/h6-8H,4-5,9,16H2,1-3H3. The van der Waals surface area contributed by atoms with E-state index >= 15 is 0 Å². The highest BCUT2D eigenvalue weighted by Crippen LogP contribution is 2.32. The van der Waals surface area contributed by atoms with Crippen molar-refractivity contribution in [1.29, 1.82) is 0 Å². The minimum absolute atomic E-state index is 0.0414. The van der Waals surface area contributed by atoms with Gasteiger partial charge in [-0.2, -0.15) is 0 Å². The summed E-state index contributed by atoms with van der Waals surface area (Å²) in [6.45, 7) is 4.95. The molecule has 0 aliphatic heterocycles. The average molecular weight is 266 g/mol. The second-order valence-electron chi connectivity index (χ2n) is 4.82. The topological polar surface area (TPSA) is 43.8 Å². The van der Waals surface area contributed by atoms with Gasteiger partial charge in [0.25, 0.3) is 0 Å². The van der Waals surface area contributed by atoms with Crippen LogP contribution < -0.4 is 5.73 Å². The lowest BCUT2D eigenvalue weighted by atomic mass is 9.81. The third kappa shape index (κ3) is 1.91. The molecule has 0 saturated carbocycles. The number of fused-ring (bicyclic) bond motifs is 1. The van der Waals surface area contributed by atoms with Crippen LogP contribution in [0.25, 0.3) is 11.0 Å². The van der Waals surface area contributed by atoms with Gasteiger partial charge in [-0.3, -0.25) is 0 Å². The van der Waals surface area contributed by atoms with Gasteiger partial charge in [-0.1, -0.05) is 25.4 Å². The number of hydrogen-bond acceptors (Lipinski definition) is 2. The van der Waals surface area contributed by atoms with Crippen molar-refractivity contribution in [3.05, 3.63) is 29.0 Å². The van der Waals surface area contributed by atoms with E-state index in [-0.39, 0.29) is 5.41 Å². The van der Waals surface area contributed by atoms with Gasteiger partial charge in [0, 0.05) is 24.0 Å². The highest BCUT2D eigenvalue weighted by atomic mass is 35.5. The monoisotopic (exact) mass is 265 g/mol. The van der Waals surface area contributed by atoms with E-state index in [1.165, 1.54) is 0 Å². The van der Waals surface area contributed by atoms with Crippen molar-refractivity contribution < 1.29 is 0 Å². The number of hydrogen-bond donors (Lipinski definition) is 1. The second kappa shape index (κ2) is 4.90. The van der Waals surface area contributed by atoms with Gasteiger partial charge in [0.15, 0.2) is 0 Å². The molecule has 18 heavy (non-hydrogen) atoms. The van der Waals surface area contributed by atoms with Crippen LogP contribution in [0.5, 0.6) is 0 Å². The van der Waals surface area contributed by atoms with Gasteiger partial charge >= 0.3 is 0 Å². The van der Waals surface area contributed by atoms with Crippen LogP contribution in [0.3, 0.4) is 0 Å². The molecule has 3 nitrogen and oxygen atoms in total. The molecule has 0 aliphatic rings. The quantitative estimate of drug-likeness (QED) is 0.922. The molecule has 2 N–H and O–H groups in total. The Morgan fingerprint density at radius 3 is 2.56 bits per heavy atom. The molecule has 0 amide bonds. The fourth-order valence-corrected chi connectivity index (χ4v) is 2.76. The van der Waals surface area contributed by atoms with Crippen molar-refractivity contribution in [3.8, 4) is 0 Å². The molecule has 1 aromatic carbocycles. The van der Waals surface area contributed by atoms with Crippen LogP contribution in [0.1, 0.15) is 32.5 Å². The van der Waals surface area contributed by atoms with Gasteiger partial charge < -0.3 is 10.3 Å². The predicted octanol–water partition coefficient (Wildman–Crippen LogP) is 3.24. The Morgan fingerprint density at radius 2 is 2.00 bits per heavy atom. The van der Waals surface area contributed by atoms with Crippen molar-refractivity contribution in [2.45, 2.75) is 32.1 Å². The molecule has 0 unspecified atom stereocenters. The molecule has 0 bridgehead atoms. The number of nitrogens with two attached hydrogens (primary N) is 1. The van der Waals surface area contributed by atoms with Crippen LogP contribution in [-0.4, -0.2) is 16.1 Å². The fraction of sp³-hybridized carbons (Fsp3) is 0.500. The summed E-state index contributed by atoms with van der Waals surface area (Å²) in [5, 5.41) is 0.721. The number of halogens is 1. The lowest BCUT2D eigenvalue weighted by Crippen LogP contribution is -2.36. The average Bonchev–Trinajstić information content (AvgIpc) is 2.70. The fourth-order valence-electron chi connectivity index (χ4n) is 2.59. The zero-order valence-corrected chi connectivity index (χ0v) is 12.0. The van der Waals surface area contributed by atoms with E-state index in [9.17, 15) is 0 Å². The molecule has 0 spiro atoms. The number of aromatic nitrogens is 2. The van der Waals surface area contributed by atoms with Crippen LogP contribution in [0.4, 0.5) is 0 Å². The van der Waals surface area contributed by atoms with Crippen molar-refractivity contribution in [2.75, 3.05) is 6.54 Å². The Balaban J connectivity index is 2.67. The summed E-state index contributed by atoms with van der Waals surface area (Å²) in [5.74, 6) is 1.06. The number of rotatable bonds is 4. The number of imidazole rings is 1. The van der Waals surface area contributed by atoms with Gasteiger partial charge in [0.05, 0.1) is 11.0 Å². The smallest absolute Gasteiger partial charge is 0.117 e. The normalized spacial score (nSPS) is 12.3. The molecule has 1 aromatic heterocycles. The molecule has 98 valence electrons. The van der Waals surface area contributed by atoms with Crippen LogP contribution >= 0.6 is 11.6 Å². The molecule has 4 heteroatoms. The number of nitrogens with zero attached hydrogens (tertiary/aromatic N) is 2. The molecule has 2 rings (SSSR count). The predicted molar refractivity (Wildman–Crippen MR) is 77.0 cm³/mol. The lowest BCUT2D eigenvalue weighted by Gasteiger charge is -2.29. The first-order valence-electron chi connectivity index (χ1n) is 6.40. The maximum absolute atomic E-state index is 6.02. The maximum Gasteiger partial charge on any atom is 0.117 e. The van der Waals surface area contributed by atoms with Crippen LogP contribution in [0.15, 0.2) is 18.2 Å². The van der Waals surface area contributed by atoms with E-state index < -0.39 is 0 Å². The van der Waals surface area contributed by atoms with Crippen LogP contribution in [0, 0.1) is 0 Å². The molecule has 0 fully saturated rings. The van der Waals surface area contributed by atoms with E-state index in [1.807, 2.05) is 25.2 Å². The summed E-state index contributed by atoms with van der Waals surface area (Å²) in [4.78, 5) is 4.76. The maximum atomic E-state index is 6.02. The molecular weight excluding hydrogens is 246 g/mol. The second-order valence-corrected chi connectivity index (χ2v) is 5.26. The Bertz CT molecular complexity index is 547. The van der Waals surface area contributed by atoms with Gasteiger partial charge in [0.2, 0.25) is 0 Å². The Kier molecular flexibility index (Phi) is 3.64. The highest BCUT2D eigenvalue weighted by molar-refractivity contribution is 6.31. The first kappa shape index (κ1) is 13.4. The largest absolute Gasteiger partial charge is 0.331 e. The van der Waals surface area contributed by atoms with Crippen LogP contribution in [-0.2, 0) is 12.5 Å². The first-order valence-corrected chi connectivity index (χ1v) is 6.78. The van der Waals surface area contributed by atoms with Crippen molar-refractivity contribution in [3.63, 3.8) is 0 Å². The zero-order valence-electron chi connectivity index (χ0n) is 11.2. The molecule has 0 saturated heterocycles. The third-order valence-corrected chi connectivity index (χ3v) is 4.30. The van der Waals surface area contributed by atoms with Crippen molar-refractivity contribution in [1.82, 2.24) is 9.55 Å². The van der Waals surface area contributed by atoms with E-state index in [4.69, 9.17) is 22.3 Å². The Hall–Kier alpha value is -1.06. The molecule has 2 aromatic rings. The number of aryl methyl sites for hydroxylation is 1. The van der Waals surface area contributed by atoms with E-state index in [0.29, 0.717) is 6.54 Å². The SMILES string of the molecule is CCC(CC)(CN)c1nc2cc(Cl)ccc2n1C. The molecule has 0 atom stereocenters. The van der Waals surface area contributed by atoms with Crippen molar-refractivity contribution >= 4 is 22.6 Å². The summed E-state index contributed by atoms with van der Waals surface area (Å²) in [5.41, 5.74) is 8.01. The summed E-state index contributed by atoms with van der Waals surface area (Å²) >= 11 is 6.02. The molecular formula is C14H20ClN3. The Labute approximate surface area is 113 Å². The summed E-state index contributed by atoms with van der Waals surface area (Å²) in [6, 6.07) is 5.82. The van der Waals surface area contributed by atoms with Gasteiger partial charge in [-0.15, -0.1) is 0 Å². The molecule has 1 heterocycles. The summed E-state index contributed by atoms with van der Waals surface area (Å²) in [7, 11) is 2.05. The van der Waals surface area contributed by atoms with E-state index in [0.717, 1.165) is 34.7 Å². The summed E-state index contributed by atoms with van der Waals surface area (Å²) in [6.07, 6.45) is 1.98. The van der Waals surface area contributed by atoms with Crippen molar-refractivity contribution in [2.24, 2.45) is 12.8 Å². The molecule has 0 radical (unpaired) electrons. The zero-order chi connectivity index (χ0) is 13.3. The summed E-state index contributed by atoms with van der Waals surface area (Å²) < 4.78 is 2.14. The molecule has 0 aliphatic carbocycles. The third-order valence-electron chi connectivity index (χ3n) is 4.06. The highest BCUT2D eigenvalue weighted by Gasteiger charge is 2.31. The Morgan fingerprint density at radius 1 is 1.33 bits per heavy atom. The van der Waals surface area contributed by atoms with Crippen LogP contribution in [0.2, 0.25) is 5.02 Å². The minimum Gasteiger partial charge on any atom is -0.331 e. The first-order chi connectivity index (χ1) is 8.57. The lowest BCUT2D eigenvalue weighted by molar-refractivity contribution is 0.374. The number of benzene rings is 1. The van der Waals surface area contributed by atoms with Gasteiger partial charge in [0.1, 0.15) is 5.82 Å². The minimum atomic E-state index is -0.0414. The van der Waals surface area contributed by atoms with E-state index in [1.54, 1.807) is 0 Å². The van der Waals surface area contributed by atoms with Gasteiger partial charge in [-0.05, 0) is 31.0 Å². The van der Waals surface area contributed by atoms with Gasteiger partial charge in [-0.25, -0.2) is 4.98 Å². The van der Waals surface area contributed by atoms with E-state index in [2.05, 4.69) is 18.4 Å².